The van der Waals surface area contributed by atoms with Gasteiger partial charge in [0.2, 0.25) is 5.95 Å². The predicted octanol–water partition coefficient (Wildman–Crippen LogP) is 13.3. The third kappa shape index (κ3) is 5.50. The summed E-state index contributed by atoms with van der Waals surface area (Å²) < 4.78 is 4.34. The normalized spacial score (nSPS) is 11.7. The Kier molecular flexibility index (Phi) is 7.74. The lowest BCUT2D eigenvalue weighted by Gasteiger charge is -2.15. The molecule has 6 heteroatoms. The van der Waals surface area contributed by atoms with E-state index < -0.39 is 0 Å². The fraction of sp³-hybridized carbons (Fsp3) is 0. The van der Waals surface area contributed by atoms with Crippen LogP contribution in [0.3, 0.4) is 0 Å². The number of fused-ring (bicyclic) bond motifs is 8. The minimum absolute atomic E-state index is 0.543. The van der Waals surface area contributed by atoms with Crippen molar-refractivity contribution < 1.29 is 0 Å². The van der Waals surface area contributed by atoms with Gasteiger partial charge in [-0.05, 0) is 80.8 Å². The first kappa shape index (κ1) is 33.9. The van der Waals surface area contributed by atoms with Gasteiger partial charge in [0.25, 0.3) is 0 Å². The van der Waals surface area contributed by atoms with Crippen molar-refractivity contribution in [2.24, 2.45) is 0 Å². The zero-order valence-electron chi connectivity index (χ0n) is 32.3. The van der Waals surface area contributed by atoms with E-state index in [2.05, 4.69) is 167 Å². The molecule has 0 aliphatic carbocycles. The van der Waals surface area contributed by atoms with Crippen molar-refractivity contribution in [3.05, 3.63) is 206 Å². The van der Waals surface area contributed by atoms with Crippen LogP contribution in [-0.2, 0) is 0 Å². The summed E-state index contributed by atoms with van der Waals surface area (Å²) in [5.74, 6) is 2.20. The maximum absolute atomic E-state index is 5.42. The topological polar surface area (TPSA) is 61.4 Å². The fourth-order valence-electron chi connectivity index (χ4n) is 8.78. The van der Waals surface area contributed by atoms with Gasteiger partial charge in [-0.2, -0.15) is 0 Å². The minimum Gasteiger partial charge on any atom is -0.292 e. The number of hydrogen-bond acceptors (Lipinski definition) is 4. The van der Waals surface area contributed by atoms with Gasteiger partial charge in [0.1, 0.15) is 11.6 Å². The number of para-hydroxylation sites is 4. The van der Waals surface area contributed by atoms with Gasteiger partial charge in [0.05, 0.1) is 33.5 Å². The van der Waals surface area contributed by atoms with Gasteiger partial charge < -0.3 is 0 Å². The minimum atomic E-state index is 0.543. The van der Waals surface area contributed by atoms with Gasteiger partial charge in [-0.3, -0.25) is 9.13 Å². The average molecular weight is 767 g/mol. The van der Waals surface area contributed by atoms with Gasteiger partial charge in [0.15, 0.2) is 0 Å². The van der Waals surface area contributed by atoms with Crippen LogP contribution in [0.15, 0.2) is 206 Å². The lowest BCUT2D eigenvalue weighted by molar-refractivity contribution is 0.962. The molecule has 0 spiro atoms. The molecule has 0 amide bonds. The van der Waals surface area contributed by atoms with Crippen molar-refractivity contribution in [1.82, 2.24) is 29.1 Å². The van der Waals surface area contributed by atoms with Gasteiger partial charge in [0, 0.05) is 27.9 Å². The zero-order chi connectivity index (χ0) is 39.6. The molecule has 12 aromatic rings. The molecule has 0 aliphatic rings. The summed E-state index contributed by atoms with van der Waals surface area (Å²) in [5.41, 5.74) is 10.4. The summed E-state index contributed by atoms with van der Waals surface area (Å²) in [6.07, 6.45) is 0. The molecule has 0 saturated heterocycles. The first-order valence-corrected chi connectivity index (χ1v) is 20.1. The van der Waals surface area contributed by atoms with Gasteiger partial charge >= 0.3 is 0 Å². The van der Waals surface area contributed by atoms with Crippen LogP contribution in [0.25, 0.3) is 111 Å². The zero-order valence-corrected chi connectivity index (χ0v) is 32.3. The lowest BCUT2D eigenvalue weighted by Crippen LogP contribution is -2.06. The molecule has 0 N–H and O–H groups in total. The lowest BCUT2D eigenvalue weighted by atomic mass is 9.93. The Morgan fingerprint density at radius 1 is 0.283 bits per heavy atom. The fourth-order valence-corrected chi connectivity index (χ4v) is 8.78. The third-order valence-corrected chi connectivity index (χ3v) is 11.5. The summed E-state index contributed by atoms with van der Waals surface area (Å²) in [5, 5.41) is 7.33. The van der Waals surface area contributed by atoms with E-state index in [4.69, 9.17) is 19.9 Å². The molecular weight excluding hydrogens is 733 g/mol. The summed E-state index contributed by atoms with van der Waals surface area (Å²) in [6.45, 7) is 0. The summed E-state index contributed by atoms with van der Waals surface area (Å²) in [7, 11) is 0. The SMILES string of the molecule is c1ccc(-c2nc3ccccc3n2-c2cccc(-c3cc(-c4ccc5c6ccccc6c6ccccc6c5c4)nc(-n4c(-c5ccccc5)nc5ccccc54)n3)c2)cc1. The number of aromatic nitrogens is 6. The van der Waals surface area contributed by atoms with Crippen molar-refractivity contribution in [3.63, 3.8) is 0 Å². The van der Waals surface area contributed by atoms with E-state index in [1.54, 1.807) is 0 Å². The standard InChI is InChI=1S/C54H34N6/c1-3-16-35(17-4-1)52-55-46-26-11-13-28-50(46)59(52)39-21-15-20-37(32-39)48-34-49(38-30-31-44-42-24-8-7-22-40(42)41-23-9-10-25-43(41)45(44)33-38)58-54(57-48)60-51-29-14-12-27-47(51)56-53(60)36-18-5-2-6-19-36/h1-34H. The van der Waals surface area contributed by atoms with Gasteiger partial charge in [-0.15, -0.1) is 0 Å². The Labute approximate surface area is 345 Å². The van der Waals surface area contributed by atoms with Crippen LogP contribution in [0.4, 0.5) is 0 Å². The largest absolute Gasteiger partial charge is 0.292 e. The van der Waals surface area contributed by atoms with E-state index in [0.717, 1.165) is 73.0 Å². The Balaban J connectivity index is 1.11. The highest BCUT2D eigenvalue weighted by molar-refractivity contribution is 6.25. The molecule has 0 radical (unpaired) electrons. The van der Waals surface area contributed by atoms with Gasteiger partial charge in [-0.25, -0.2) is 19.9 Å². The molecular formula is C54H34N6. The highest BCUT2D eigenvalue weighted by Crippen LogP contribution is 2.38. The maximum atomic E-state index is 5.42. The number of rotatable bonds is 6. The predicted molar refractivity (Wildman–Crippen MR) is 246 cm³/mol. The maximum Gasteiger partial charge on any atom is 0.237 e. The Hall–Kier alpha value is -8.22. The van der Waals surface area contributed by atoms with Crippen LogP contribution in [0.5, 0.6) is 0 Å². The van der Waals surface area contributed by atoms with Crippen LogP contribution in [0, 0.1) is 0 Å². The Morgan fingerprint density at radius 2 is 0.733 bits per heavy atom. The van der Waals surface area contributed by atoms with Crippen LogP contribution in [-0.4, -0.2) is 29.1 Å². The Bertz CT molecular complexity index is 3570. The number of imidazole rings is 2. The molecule has 60 heavy (non-hydrogen) atoms. The summed E-state index contributed by atoms with van der Waals surface area (Å²) in [6, 6.07) is 72.0. The molecule has 0 unspecified atom stereocenters. The van der Waals surface area contributed by atoms with Gasteiger partial charge in [-0.1, -0.05) is 158 Å². The number of hydrogen-bond donors (Lipinski definition) is 0. The van der Waals surface area contributed by atoms with Crippen LogP contribution >= 0.6 is 0 Å². The molecule has 280 valence electrons. The first-order valence-electron chi connectivity index (χ1n) is 20.1. The van der Waals surface area contributed by atoms with E-state index >= 15 is 0 Å². The van der Waals surface area contributed by atoms with Crippen LogP contribution in [0.2, 0.25) is 0 Å². The summed E-state index contributed by atoms with van der Waals surface area (Å²) in [4.78, 5) is 21.1. The Morgan fingerprint density at radius 3 is 1.33 bits per heavy atom. The van der Waals surface area contributed by atoms with Crippen molar-refractivity contribution >= 4 is 54.4 Å². The molecule has 12 rings (SSSR count). The highest BCUT2D eigenvalue weighted by atomic mass is 15.2. The highest BCUT2D eigenvalue weighted by Gasteiger charge is 2.21. The van der Waals surface area contributed by atoms with Crippen LogP contribution in [0.1, 0.15) is 0 Å². The smallest absolute Gasteiger partial charge is 0.237 e. The monoisotopic (exact) mass is 766 g/mol. The van der Waals surface area contributed by atoms with Crippen LogP contribution < -0.4 is 0 Å². The third-order valence-electron chi connectivity index (χ3n) is 11.5. The van der Waals surface area contributed by atoms with E-state index in [-0.39, 0.29) is 0 Å². The second-order valence-corrected chi connectivity index (χ2v) is 15.1. The van der Waals surface area contributed by atoms with E-state index in [1.165, 1.54) is 32.3 Å². The molecule has 3 heterocycles. The molecule has 0 aliphatic heterocycles. The molecule has 0 atom stereocenters. The summed E-state index contributed by atoms with van der Waals surface area (Å²) >= 11 is 0. The van der Waals surface area contributed by atoms with Crippen molar-refractivity contribution in [3.8, 4) is 56.9 Å². The van der Waals surface area contributed by atoms with E-state index in [9.17, 15) is 0 Å². The molecule has 0 fully saturated rings. The molecule has 0 saturated carbocycles. The van der Waals surface area contributed by atoms with Crippen molar-refractivity contribution in [2.75, 3.05) is 0 Å². The molecule has 0 bridgehead atoms. The van der Waals surface area contributed by atoms with E-state index in [0.29, 0.717) is 5.95 Å². The average Bonchev–Trinajstić information content (AvgIpc) is 3.92. The van der Waals surface area contributed by atoms with Crippen molar-refractivity contribution in [2.45, 2.75) is 0 Å². The number of nitrogens with zero attached hydrogens (tertiary/aromatic N) is 6. The second-order valence-electron chi connectivity index (χ2n) is 15.1. The molecule has 3 aromatic heterocycles. The number of benzene rings is 9. The van der Waals surface area contributed by atoms with E-state index in [1.807, 2.05) is 48.5 Å². The first-order chi connectivity index (χ1) is 29.7. The molecule has 9 aromatic carbocycles. The second kappa shape index (κ2) is 13.7. The molecule has 6 nitrogen and oxygen atoms in total. The quantitative estimate of drug-likeness (QED) is 0.158. The van der Waals surface area contributed by atoms with Crippen molar-refractivity contribution in [1.29, 1.82) is 0 Å².